The summed E-state index contributed by atoms with van der Waals surface area (Å²) in [6.07, 6.45) is 2.02. The molecule has 1 aliphatic heterocycles. The lowest BCUT2D eigenvalue weighted by atomic mass is 10.2. The molecule has 0 radical (unpaired) electrons. The monoisotopic (exact) mass is 393 g/mol. The SMILES string of the molecule is O=Cc1cccc(OCC(O)CN(Cc2ccco2)C2CCS(=O)(=O)C2)c1. The van der Waals surface area contributed by atoms with Crippen molar-refractivity contribution in [1.82, 2.24) is 4.90 Å². The van der Waals surface area contributed by atoms with Crippen molar-refractivity contribution in [3.63, 3.8) is 0 Å². The van der Waals surface area contributed by atoms with Gasteiger partial charge in [-0.15, -0.1) is 0 Å². The summed E-state index contributed by atoms with van der Waals surface area (Å²) < 4.78 is 34.6. The molecule has 2 aromatic rings. The zero-order valence-electron chi connectivity index (χ0n) is 14.9. The van der Waals surface area contributed by atoms with Crippen LogP contribution in [-0.4, -0.2) is 61.5 Å². The molecule has 1 aliphatic rings. The van der Waals surface area contributed by atoms with Crippen LogP contribution in [0.4, 0.5) is 0 Å². The van der Waals surface area contributed by atoms with Crippen LogP contribution in [0.1, 0.15) is 22.5 Å². The first-order chi connectivity index (χ1) is 12.9. The standard InChI is InChI=1S/C19H23NO6S/c21-12-15-3-1-4-18(9-15)26-13-17(22)10-20(11-19-5-2-7-25-19)16-6-8-27(23,24)14-16/h1-5,7,9,12,16-17,22H,6,8,10-11,13-14H2. The van der Waals surface area contributed by atoms with Crippen molar-refractivity contribution in [2.24, 2.45) is 0 Å². The van der Waals surface area contributed by atoms with Gasteiger partial charge in [0, 0.05) is 18.2 Å². The van der Waals surface area contributed by atoms with Crippen LogP contribution >= 0.6 is 0 Å². The minimum atomic E-state index is -3.04. The highest BCUT2D eigenvalue weighted by Gasteiger charge is 2.33. The molecule has 2 atom stereocenters. The number of carbonyl (C=O) groups is 1. The summed E-state index contributed by atoms with van der Waals surface area (Å²) in [6, 6.07) is 10.1. The molecule has 0 amide bonds. The van der Waals surface area contributed by atoms with Gasteiger partial charge in [-0.3, -0.25) is 9.69 Å². The van der Waals surface area contributed by atoms with Gasteiger partial charge in [-0.1, -0.05) is 12.1 Å². The Labute approximate surface area is 158 Å². The van der Waals surface area contributed by atoms with Gasteiger partial charge in [-0.05, 0) is 30.7 Å². The first-order valence-corrected chi connectivity index (χ1v) is 10.6. The lowest BCUT2D eigenvalue weighted by molar-refractivity contribution is 0.0497. The average molecular weight is 393 g/mol. The largest absolute Gasteiger partial charge is 0.491 e. The predicted octanol–water partition coefficient (Wildman–Crippen LogP) is 1.52. The Hall–Kier alpha value is -2.16. The van der Waals surface area contributed by atoms with E-state index in [1.807, 2.05) is 11.0 Å². The number of benzene rings is 1. The smallest absolute Gasteiger partial charge is 0.151 e. The lowest BCUT2D eigenvalue weighted by Gasteiger charge is -2.29. The fraction of sp³-hybridized carbons (Fsp3) is 0.421. The Bertz CT molecular complexity index is 849. The van der Waals surface area contributed by atoms with Gasteiger partial charge < -0.3 is 14.3 Å². The van der Waals surface area contributed by atoms with Gasteiger partial charge in [0.1, 0.15) is 30.5 Å². The van der Waals surface area contributed by atoms with E-state index >= 15 is 0 Å². The summed E-state index contributed by atoms with van der Waals surface area (Å²) >= 11 is 0. The maximum atomic E-state index is 11.8. The first-order valence-electron chi connectivity index (χ1n) is 8.78. The molecule has 0 spiro atoms. The second kappa shape index (κ2) is 8.69. The van der Waals surface area contributed by atoms with Gasteiger partial charge in [0.05, 0.1) is 24.3 Å². The quantitative estimate of drug-likeness (QED) is 0.645. The van der Waals surface area contributed by atoms with Crippen LogP contribution in [0.3, 0.4) is 0 Å². The second-order valence-corrected chi connectivity index (χ2v) is 8.95. The van der Waals surface area contributed by atoms with E-state index in [0.717, 1.165) is 6.29 Å². The number of aldehydes is 1. The molecule has 1 aromatic heterocycles. The minimum Gasteiger partial charge on any atom is -0.491 e. The van der Waals surface area contributed by atoms with Gasteiger partial charge in [-0.25, -0.2) is 8.42 Å². The molecule has 0 aliphatic carbocycles. The van der Waals surface area contributed by atoms with Gasteiger partial charge in [0.25, 0.3) is 0 Å². The topological polar surface area (TPSA) is 97.1 Å². The van der Waals surface area contributed by atoms with E-state index in [9.17, 15) is 18.3 Å². The van der Waals surface area contributed by atoms with Crippen molar-refractivity contribution in [2.45, 2.75) is 25.1 Å². The molecule has 1 saturated heterocycles. The van der Waals surface area contributed by atoms with E-state index in [0.29, 0.717) is 30.0 Å². The third kappa shape index (κ3) is 5.66. The maximum absolute atomic E-state index is 11.8. The molecule has 3 rings (SSSR count). The van der Waals surface area contributed by atoms with E-state index in [1.165, 1.54) is 0 Å². The number of rotatable bonds is 9. The number of furan rings is 1. The van der Waals surface area contributed by atoms with Crippen molar-refractivity contribution >= 4 is 16.1 Å². The van der Waals surface area contributed by atoms with E-state index < -0.39 is 15.9 Å². The fourth-order valence-corrected chi connectivity index (χ4v) is 4.96. The molecule has 27 heavy (non-hydrogen) atoms. The molecule has 1 fully saturated rings. The Morgan fingerprint density at radius 1 is 1.33 bits per heavy atom. The predicted molar refractivity (Wildman–Crippen MR) is 99.5 cm³/mol. The van der Waals surface area contributed by atoms with Crippen molar-refractivity contribution in [2.75, 3.05) is 24.7 Å². The molecule has 8 heteroatoms. The lowest BCUT2D eigenvalue weighted by Crippen LogP contribution is -2.42. The van der Waals surface area contributed by atoms with Crippen molar-refractivity contribution in [3.05, 3.63) is 54.0 Å². The number of hydrogen-bond donors (Lipinski definition) is 1. The summed E-state index contributed by atoms with van der Waals surface area (Å²) in [6.45, 7) is 0.718. The number of aliphatic hydroxyl groups is 1. The second-order valence-electron chi connectivity index (χ2n) is 6.72. The van der Waals surface area contributed by atoms with Crippen LogP contribution in [0.25, 0.3) is 0 Å². The number of ether oxygens (including phenoxy) is 1. The van der Waals surface area contributed by atoms with Crippen LogP contribution < -0.4 is 4.74 Å². The molecule has 0 bridgehead atoms. The van der Waals surface area contributed by atoms with E-state index in [1.54, 1.807) is 36.6 Å². The highest BCUT2D eigenvalue weighted by molar-refractivity contribution is 7.91. The van der Waals surface area contributed by atoms with Crippen molar-refractivity contribution in [3.8, 4) is 5.75 Å². The molecular formula is C19H23NO6S. The Kier molecular flexibility index (Phi) is 6.30. The number of aliphatic hydroxyl groups excluding tert-OH is 1. The highest BCUT2D eigenvalue weighted by atomic mass is 32.2. The fourth-order valence-electron chi connectivity index (χ4n) is 3.20. The van der Waals surface area contributed by atoms with Gasteiger partial charge in [0.15, 0.2) is 9.84 Å². The average Bonchev–Trinajstić information content (AvgIpc) is 3.28. The van der Waals surface area contributed by atoms with Crippen molar-refractivity contribution < 1.29 is 27.5 Å². The number of carbonyl (C=O) groups excluding carboxylic acids is 1. The van der Waals surface area contributed by atoms with Gasteiger partial charge >= 0.3 is 0 Å². The molecule has 146 valence electrons. The van der Waals surface area contributed by atoms with Crippen LogP contribution in [0, 0.1) is 0 Å². The summed E-state index contributed by atoms with van der Waals surface area (Å²) in [5.74, 6) is 1.46. The normalized spacial score (nSPS) is 19.9. The summed E-state index contributed by atoms with van der Waals surface area (Å²) in [5, 5.41) is 10.4. The van der Waals surface area contributed by atoms with Crippen LogP contribution in [0.5, 0.6) is 5.75 Å². The zero-order chi connectivity index (χ0) is 19.3. The number of hydrogen-bond acceptors (Lipinski definition) is 7. The number of sulfone groups is 1. The third-order valence-electron chi connectivity index (χ3n) is 4.55. The van der Waals surface area contributed by atoms with Gasteiger partial charge in [-0.2, -0.15) is 0 Å². The highest BCUT2D eigenvalue weighted by Crippen LogP contribution is 2.21. The Balaban J connectivity index is 1.61. The summed E-state index contributed by atoms with van der Waals surface area (Å²) in [7, 11) is -3.04. The van der Waals surface area contributed by atoms with Gasteiger partial charge in [0.2, 0.25) is 0 Å². The van der Waals surface area contributed by atoms with Crippen molar-refractivity contribution in [1.29, 1.82) is 0 Å². The molecule has 1 aromatic carbocycles. The zero-order valence-corrected chi connectivity index (χ0v) is 15.7. The summed E-state index contributed by atoms with van der Waals surface area (Å²) in [5.41, 5.74) is 0.498. The van der Waals surface area contributed by atoms with Crippen LogP contribution in [-0.2, 0) is 16.4 Å². The molecule has 0 saturated carbocycles. The maximum Gasteiger partial charge on any atom is 0.151 e. The Morgan fingerprint density at radius 2 is 2.19 bits per heavy atom. The Morgan fingerprint density at radius 3 is 2.85 bits per heavy atom. The van der Waals surface area contributed by atoms with E-state index in [4.69, 9.17) is 9.15 Å². The molecule has 1 N–H and O–H groups in total. The molecular weight excluding hydrogens is 370 g/mol. The first kappa shape index (κ1) is 19.6. The molecule has 7 nitrogen and oxygen atoms in total. The molecule has 2 heterocycles. The van der Waals surface area contributed by atoms with E-state index in [-0.39, 0.29) is 30.7 Å². The molecule has 2 unspecified atom stereocenters. The minimum absolute atomic E-state index is 0.0381. The third-order valence-corrected chi connectivity index (χ3v) is 6.30. The van der Waals surface area contributed by atoms with E-state index in [2.05, 4.69) is 0 Å². The van der Waals surface area contributed by atoms with Crippen LogP contribution in [0.2, 0.25) is 0 Å². The number of nitrogens with zero attached hydrogens (tertiary/aromatic N) is 1. The summed E-state index contributed by atoms with van der Waals surface area (Å²) in [4.78, 5) is 12.8. The van der Waals surface area contributed by atoms with Crippen LogP contribution in [0.15, 0.2) is 47.1 Å².